The number of halogens is 2. The van der Waals surface area contributed by atoms with Crippen LogP contribution < -0.4 is 16.0 Å². The molecule has 0 unspecified atom stereocenters. The third kappa shape index (κ3) is 6.23. The molecule has 1 saturated carbocycles. The normalized spacial score (nSPS) is 20.5. The Kier molecular flexibility index (Phi) is 7.35. The third-order valence-corrected chi connectivity index (χ3v) is 5.60. The molecule has 32 heavy (non-hydrogen) atoms. The number of para-hydroxylation sites is 1. The van der Waals surface area contributed by atoms with Crippen molar-refractivity contribution in [1.29, 1.82) is 5.41 Å². The van der Waals surface area contributed by atoms with Gasteiger partial charge in [-0.25, -0.2) is 8.78 Å². The Morgan fingerprint density at radius 1 is 1.06 bits per heavy atom. The van der Waals surface area contributed by atoms with Gasteiger partial charge in [-0.1, -0.05) is 12.1 Å². The van der Waals surface area contributed by atoms with E-state index in [0.717, 1.165) is 0 Å². The molecule has 1 fully saturated rings. The van der Waals surface area contributed by atoms with E-state index in [1.54, 1.807) is 18.2 Å². The summed E-state index contributed by atoms with van der Waals surface area (Å²) in [6, 6.07) is 11.5. The monoisotopic (exact) mass is 440 g/mol. The number of carbonyl (C=O) groups is 2. The van der Waals surface area contributed by atoms with Crippen molar-refractivity contribution in [3.63, 3.8) is 0 Å². The summed E-state index contributed by atoms with van der Waals surface area (Å²) in [4.78, 5) is 24.9. The summed E-state index contributed by atoms with van der Waals surface area (Å²) < 4.78 is 26.6. The van der Waals surface area contributed by atoms with Crippen molar-refractivity contribution in [1.82, 2.24) is 10.6 Å². The molecule has 0 saturated heterocycles. The Hall–Kier alpha value is -3.55. The fourth-order valence-electron chi connectivity index (χ4n) is 3.66. The van der Waals surface area contributed by atoms with Crippen molar-refractivity contribution in [3.05, 3.63) is 78.0 Å². The molecule has 0 aliphatic heterocycles. The Balaban J connectivity index is 1.45. The first kappa shape index (κ1) is 23.1. The van der Waals surface area contributed by atoms with Gasteiger partial charge in [-0.05, 0) is 75.1 Å². The van der Waals surface area contributed by atoms with Gasteiger partial charge in [0.1, 0.15) is 17.5 Å². The van der Waals surface area contributed by atoms with Crippen molar-refractivity contribution in [3.8, 4) is 0 Å². The van der Waals surface area contributed by atoms with Crippen LogP contribution >= 0.6 is 0 Å². The minimum atomic E-state index is -0.459. The number of hydrogen-bond acceptors (Lipinski definition) is 4. The first-order chi connectivity index (χ1) is 15.3. The van der Waals surface area contributed by atoms with Crippen LogP contribution in [0.3, 0.4) is 0 Å². The molecule has 168 valence electrons. The number of amidine groups is 1. The fraction of sp³-hybridized carbons (Fsp3) is 0.292. The number of rotatable bonds is 6. The largest absolute Gasteiger partial charge is 0.359 e. The van der Waals surface area contributed by atoms with E-state index in [2.05, 4.69) is 16.0 Å². The third-order valence-electron chi connectivity index (χ3n) is 5.60. The van der Waals surface area contributed by atoms with Gasteiger partial charge in [0.05, 0.1) is 5.69 Å². The van der Waals surface area contributed by atoms with E-state index in [1.165, 1.54) is 42.6 Å². The molecule has 1 aliphatic rings. The summed E-state index contributed by atoms with van der Waals surface area (Å²) in [5.74, 6) is -1.70. The Labute approximate surface area is 185 Å². The number of nitrogens with one attached hydrogen (secondary N) is 4. The molecule has 4 N–H and O–H groups in total. The second kappa shape index (κ2) is 10.2. The van der Waals surface area contributed by atoms with Crippen molar-refractivity contribution < 1.29 is 18.4 Å². The molecule has 8 heteroatoms. The second-order valence-electron chi connectivity index (χ2n) is 8.16. The van der Waals surface area contributed by atoms with E-state index in [1.807, 2.05) is 6.92 Å². The molecular weight excluding hydrogens is 414 g/mol. The maximum absolute atomic E-state index is 13.6. The lowest BCUT2D eigenvalue weighted by atomic mass is 9.77. The van der Waals surface area contributed by atoms with Crippen LogP contribution in [0, 0.1) is 23.0 Å². The zero-order valence-corrected chi connectivity index (χ0v) is 17.8. The highest BCUT2D eigenvalue weighted by atomic mass is 19.1. The zero-order valence-electron chi connectivity index (χ0n) is 17.8. The maximum Gasteiger partial charge on any atom is 0.251 e. The first-order valence-electron chi connectivity index (χ1n) is 10.4. The Morgan fingerprint density at radius 3 is 2.38 bits per heavy atom. The molecule has 0 radical (unpaired) electrons. The lowest BCUT2D eigenvalue weighted by Crippen LogP contribution is -2.50. The van der Waals surface area contributed by atoms with E-state index in [0.29, 0.717) is 31.2 Å². The van der Waals surface area contributed by atoms with Crippen molar-refractivity contribution in [2.45, 2.75) is 38.1 Å². The minimum absolute atomic E-state index is 0.100. The average molecular weight is 440 g/mol. The van der Waals surface area contributed by atoms with E-state index < -0.39 is 17.2 Å². The average Bonchev–Trinajstić information content (AvgIpc) is 2.75. The summed E-state index contributed by atoms with van der Waals surface area (Å²) in [6.45, 7) is 1.93. The summed E-state index contributed by atoms with van der Waals surface area (Å²) >= 11 is 0. The molecule has 2 aromatic rings. The fourth-order valence-corrected chi connectivity index (χ4v) is 3.66. The number of hydrogen-bond donors (Lipinski definition) is 4. The minimum Gasteiger partial charge on any atom is -0.359 e. The van der Waals surface area contributed by atoms with Crippen LogP contribution in [0.1, 0.15) is 43.0 Å². The van der Waals surface area contributed by atoms with Crippen LogP contribution in [0.4, 0.5) is 14.5 Å². The van der Waals surface area contributed by atoms with Gasteiger partial charge in [0, 0.05) is 23.2 Å². The van der Waals surface area contributed by atoms with E-state index in [9.17, 15) is 18.4 Å². The summed E-state index contributed by atoms with van der Waals surface area (Å²) in [6.07, 6.45) is 5.09. The SMILES string of the molecule is CC1(NC(=O)c2ccc(F)cc2)CCC(C(=O)NC(=N)/C=C\Nc2ccccc2F)CC1. The van der Waals surface area contributed by atoms with E-state index in [4.69, 9.17) is 5.41 Å². The lowest BCUT2D eigenvalue weighted by molar-refractivity contribution is -0.124. The summed E-state index contributed by atoms with van der Waals surface area (Å²) in [5, 5.41) is 16.2. The predicted molar refractivity (Wildman–Crippen MR) is 119 cm³/mol. The zero-order chi connectivity index (χ0) is 23.1. The quantitative estimate of drug-likeness (QED) is 0.397. The van der Waals surface area contributed by atoms with Gasteiger partial charge in [0.2, 0.25) is 5.91 Å². The van der Waals surface area contributed by atoms with Gasteiger partial charge in [-0.3, -0.25) is 15.0 Å². The topological polar surface area (TPSA) is 94.1 Å². The molecule has 3 rings (SSSR count). The van der Waals surface area contributed by atoms with Crippen molar-refractivity contribution in [2.75, 3.05) is 5.32 Å². The number of benzene rings is 2. The highest BCUT2D eigenvalue weighted by molar-refractivity contribution is 6.03. The van der Waals surface area contributed by atoms with Gasteiger partial charge in [0.25, 0.3) is 5.91 Å². The molecule has 0 aromatic heterocycles. The van der Waals surface area contributed by atoms with E-state index >= 15 is 0 Å². The maximum atomic E-state index is 13.6. The van der Waals surface area contributed by atoms with Crippen LogP contribution in [-0.4, -0.2) is 23.2 Å². The molecule has 2 aromatic carbocycles. The van der Waals surface area contributed by atoms with Crippen LogP contribution in [0.15, 0.2) is 60.8 Å². The number of anilines is 1. The van der Waals surface area contributed by atoms with E-state index in [-0.39, 0.29) is 29.3 Å². The number of carbonyl (C=O) groups excluding carboxylic acids is 2. The van der Waals surface area contributed by atoms with Crippen LogP contribution in [0.25, 0.3) is 0 Å². The van der Waals surface area contributed by atoms with Gasteiger partial charge < -0.3 is 16.0 Å². The molecule has 1 aliphatic carbocycles. The molecule has 0 heterocycles. The summed E-state index contributed by atoms with van der Waals surface area (Å²) in [7, 11) is 0. The van der Waals surface area contributed by atoms with Gasteiger partial charge in [-0.2, -0.15) is 0 Å². The lowest BCUT2D eigenvalue weighted by Gasteiger charge is -2.37. The molecule has 0 spiro atoms. The Bertz CT molecular complexity index is 1010. The van der Waals surface area contributed by atoms with Gasteiger partial charge >= 0.3 is 0 Å². The standard InChI is InChI=1S/C24H26F2N4O2/c1-24(30-23(32)16-6-8-18(25)9-7-16)13-10-17(11-14-24)22(31)29-21(27)12-15-28-20-5-3-2-4-19(20)26/h2-9,12,15,17,28H,10-11,13-14H2,1H3,(H,30,32)(H2,27,29,31)/b15-12-. The molecule has 6 nitrogen and oxygen atoms in total. The Morgan fingerprint density at radius 2 is 1.72 bits per heavy atom. The molecule has 0 bridgehead atoms. The van der Waals surface area contributed by atoms with Gasteiger partial charge in [0.15, 0.2) is 0 Å². The van der Waals surface area contributed by atoms with Gasteiger partial charge in [-0.15, -0.1) is 0 Å². The second-order valence-corrected chi connectivity index (χ2v) is 8.16. The van der Waals surface area contributed by atoms with Crippen LogP contribution in [0.2, 0.25) is 0 Å². The number of amides is 2. The highest BCUT2D eigenvalue weighted by Gasteiger charge is 2.35. The first-order valence-corrected chi connectivity index (χ1v) is 10.4. The predicted octanol–water partition coefficient (Wildman–Crippen LogP) is 4.36. The summed E-state index contributed by atoms with van der Waals surface area (Å²) in [5.41, 5.74) is 0.202. The van der Waals surface area contributed by atoms with Crippen LogP contribution in [0.5, 0.6) is 0 Å². The smallest absolute Gasteiger partial charge is 0.251 e. The highest BCUT2D eigenvalue weighted by Crippen LogP contribution is 2.32. The van der Waals surface area contributed by atoms with Crippen molar-refractivity contribution in [2.24, 2.45) is 5.92 Å². The molecule has 2 amide bonds. The molecular formula is C24H26F2N4O2. The van der Waals surface area contributed by atoms with Crippen molar-refractivity contribution >= 4 is 23.3 Å². The molecule has 0 atom stereocenters. The van der Waals surface area contributed by atoms with Crippen LogP contribution in [-0.2, 0) is 4.79 Å².